The Balaban J connectivity index is 1.94. The van der Waals surface area contributed by atoms with E-state index in [0.29, 0.717) is 6.61 Å². The van der Waals surface area contributed by atoms with Gasteiger partial charge in [0.1, 0.15) is 12.4 Å². The van der Waals surface area contributed by atoms with E-state index in [1.165, 1.54) is 15.3 Å². The Kier molecular flexibility index (Phi) is 6.09. The normalized spacial score (nSPS) is 10.9. The lowest BCUT2D eigenvalue weighted by atomic mass is 10.2. The van der Waals surface area contributed by atoms with Gasteiger partial charge in [0.2, 0.25) is 0 Å². The summed E-state index contributed by atoms with van der Waals surface area (Å²) in [5, 5.41) is 4.21. The van der Waals surface area contributed by atoms with Crippen LogP contribution in [0, 0.1) is 13.8 Å². The van der Waals surface area contributed by atoms with Crippen LogP contribution in [0.25, 0.3) is 0 Å². The van der Waals surface area contributed by atoms with Gasteiger partial charge in [-0.2, -0.15) is 0 Å². The summed E-state index contributed by atoms with van der Waals surface area (Å²) in [7, 11) is 0. The predicted molar refractivity (Wildman–Crippen MR) is 91.6 cm³/mol. The molecule has 0 amide bonds. The highest BCUT2D eigenvalue weighted by Gasteiger charge is 2.07. The van der Waals surface area contributed by atoms with Gasteiger partial charge < -0.3 is 10.1 Å². The van der Waals surface area contributed by atoms with Crippen LogP contribution in [-0.2, 0) is 13.2 Å². The van der Waals surface area contributed by atoms with Crippen LogP contribution in [0.1, 0.15) is 34.2 Å². The number of rotatable bonds is 7. The molecule has 4 heteroatoms. The zero-order valence-corrected chi connectivity index (χ0v) is 14.4. The molecule has 0 saturated carbocycles. The third-order valence-electron chi connectivity index (χ3n) is 3.32. The Morgan fingerprint density at radius 1 is 1.24 bits per heavy atom. The summed E-state index contributed by atoms with van der Waals surface area (Å²) < 4.78 is 5.88. The van der Waals surface area contributed by atoms with Gasteiger partial charge in [-0.25, -0.2) is 0 Å². The molecular formula is C17H22ClNOS. The van der Waals surface area contributed by atoms with E-state index in [1.807, 2.05) is 36.5 Å². The molecule has 0 aliphatic heterocycles. The zero-order valence-electron chi connectivity index (χ0n) is 12.8. The number of nitrogens with one attached hydrogen (secondary N) is 1. The van der Waals surface area contributed by atoms with Crippen molar-refractivity contribution >= 4 is 22.9 Å². The van der Waals surface area contributed by atoms with E-state index in [1.54, 1.807) is 0 Å². The molecule has 2 aromatic rings. The molecular weight excluding hydrogens is 302 g/mol. The van der Waals surface area contributed by atoms with Crippen LogP contribution < -0.4 is 10.1 Å². The van der Waals surface area contributed by atoms with Crippen molar-refractivity contribution < 1.29 is 4.74 Å². The molecule has 0 unspecified atom stereocenters. The quantitative estimate of drug-likeness (QED) is 0.716. The Morgan fingerprint density at radius 3 is 2.76 bits per heavy atom. The van der Waals surface area contributed by atoms with Crippen molar-refractivity contribution in [2.45, 2.75) is 40.3 Å². The molecule has 0 saturated heterocycles. The van der Waals surface area contributed by atoms with Crippen LogP contribution in [0.5, 0.6) is 5.75 Å². The average molecular weight is 324 g/mol. The van der Waals surface area contributed by atoms with Crippen molar-refractivity contribution in [3.63, 3.8) is 0 Å². The number of hydrogen-bond acceptors (Lipinski definition) is 3. The largest absolute Gasteiger partial charge is 0.489 e. The predicted octanol–water partition coefficient (Wildman–Crippen LogP) is 5.10. The summed E-state index contributed by atoms with van der Waals surface area (Å²) in [6.45, 7) is 8.94. The lowest BCUT2D eigenvalue weighted by molar-refractivity contribution is 0.306. The molecule has 2 nitrogen and oxygen atoms in total. The van der Waals surface area contributed by atoms with Gasteiger partial charge in [0, 0.05) is 26.9 Å². The Bertz CT molecular complexity index is 594. The summed E-state index contributed by atoms with van der Waals surface area (Å²) in [6, 6.07) is 8.02. The van der Waals surface area contributed by atoms with E-state index in [-0.39, 0.29) is 0 Å². The minimum atomic E-state index is 0.608. The lowest BCUT2D eigenvalue weighted by Gasteiger charge is -2.07. The maximum absolute atomic E-state index is 6.03. The van der Waals surface area contributed by atoms with Gasteiger partial charge >= 0.3 is 0 Å². The summed E-state index contributed by atoms with van der Waals surface area (Å²) in [4.78, 5) is 2.70. The van der Waals surface area contributed by atoms with Crippen LogP contribution in [0.15, 0.2) is 24.3 Å². The molecule has 1 aromatic heterocycles. The molecule has 0 bridgehead atoms. The smallest absolute Gasteiger partial charge is 0.120 e. The number of benzene rings is 1. The molecule has 0 aliphatic carbocycles. The van der Waals surface area contributed by atoms with Crippen molar-refractivity contribution in [2.24, 2.45) is 0 Å². The molecule has 0 fully saturated rings. The van der Waals surface area contributed by atoms with E-state index in [9.17, 15) is 0 Å². The van der Waals surface area contributed by atoms with Crippen LogP contribution in [0.2, 0.25) is 5.02 Å². The molecule has 0 radical (unpaired) electrons. The van der Waals surface area contributed by atoms with Gasteiger partial charge in [0.25, 0.3) is 0 Å². The van der Waals surface area contributed by atoms with Crippen molar-refractivity contribution in [3.8, 4) is 5.75 Å². The summed E-state index contributed by atoms with van der Waals surface area (Å²) in [6.07, 6.45) is 1.16. The third kappa shape index (κ3) is 4.73. The third-order valence-corrected chi connectivity index (χ3v) is 4.84. The SMILES string of the molecule is CCCNCc1cc(COc2ccc(Cl)c(C)c2)c(C)s1. The Hall–Kier alpha value is -1.03. The number of halogens is 1. The number of thiophene rings is 1. The Labute approximate surface area is 136 Å². The first kappa shape index (κ1) is 16.3. The van der Waals surface area contributed by atoms with Crippen LogP contribution in [-0.4, -0.2) is 6.54 Å². The van der Waals surface area contributed by atoms with Gasteiger partial charge in [0.05, 0.1) is 0 Å². The van der Waals surface area contributed by atoms with Gasteiger partial charge in [-0.15, -0.1) is 11.3 Å². The number of aryl methyl sites for hydroxylation is 2. The summed E-state index contributed by atoms with van der Waals surface area (Å²) >= 11 is 7.87. The minimum Gasteiger partial charge on any atom is -0.489 e. The first-order valence-corrected chi connectivity index (χ1v) is 8.47. The van der Waals surface area contributed by atoms with Crippen molar-refractivity contribution in [2.75, 3.05) is 6.54 Å². The van der Waals surface area contributed by atoms with E-state index in [2.05, 4.69) is 25.2 Å². The van der Waals surface area contributed by atoms with Gasteiger partial charge in [-0.05, 0) is 56.6 Å². The van der Waals surface area contributed by atoms with E-state index in [4.69, 9.17) is 16.3 Å². The molecule has 0 atom stereocenters. The standard InChI is InChI=1S/C17H22ClNOS/c1-4-7-19-10-16-9-14(13(3)21-16)11-20-15-5-6-17(18)12(2)8-15/h5-6,8-9,19H,4,7,10-11H2,1-3H3. The molecule has 114 valence electrons. The van der Waals surface area contributed by atoms with E-state index in [0.717, 1.165) is 35.8 Å². The van der Waals surface area contributed by atoms with E-state index < -0.39 is 0 Å². The topological polar surface area (TPSA) is 21.3 Å². The molecule has 0 spiro atoms. The van der Waals surface area contributed by atoms with Crippen LogP contribution in [0.4, 0.5) is 0 Å². The molecule has 0 aliphatic rings. The monoisotopic (exact) mass is 323 g/mol. The summed E-state index contributed by atoms with van der Waals surface area (Å²) in [5.41, 5.74) is 2.31. The van der Waals surface area contributed by atoms with E-state index >= 15 is 0 Å². The van der Waals surface area contributed by atoms with Crippen LogP contribution >= 0.6 is 22.9 Å². The fourth-order valence-corrected chi connectivity index (χ4v) is 3.21. The van der Waals surface area contributed by atoms with Gasteiger partial charge in [0.15, 0.2) is 0 Å². The fraction of sp³-hybridized carbons (Fsp3) is 0.412. The first-order chi connectivity index (χ1) is 10.1. The molecule has 21 heavy (non-hydrogen) atoms. The van der Waals surface area contributed by atoms with Crippen molar-refractivity contribution in [3.05, 3.63) is 50.2 Å². The van der Waals surface area contributed by atoms with Crippen molar-refractivity contribution in [1.82, 2.24) is 5.32 Å². The highest BCUT2D eigenvalue weighted by Crippen LogP contribution is 2.25. The second kappa shape index (κ2) is 7.83. The first-order valence-electron chi connectivity index (χ1n) is 7.28. The lowest BCUT2D eigenvalue weighted by Crippen LogP contribution is -2.12. The number of hydrogen-bond donors (Lipinski definition) is 1. The zero-order chi connectivity index (χ0) is 15.2. The molecule has 1 heterocycles. The highest BCUT2D eigenvalue weighted by molar-refractivity contribution is 7.12. The fourth-order valence-electron chi connectivity index (χ4n) is 2.07. The summed E-state index contributed by atoms with van der Waals surface area (Å²) in [5.74, 6) is 0.869. The van der Waals surface area contributed by atoms with Gasteiger partial charge in [-0.1, -0.05) is 18.5 Å². The molecule has 2 rings (SSSR count). The highest BCUT2D eigenvalue weighted by atomic mass is 35.5. The average Bonchev–Trinajstić information content (AvgIpc) is 2.81. The molecule has 1 aromatic carbocycles. The second-order valence-electron chi connectivity index (χ2n) is 5.17. The second-order valence-corrected chi connectivity index (χ2v) is 6.92. The van der Waals surface area contributed by atoms with Crippen LogP contribution in [0.3, 0.4) is 0 Å². The number of ether oxygens (including phenoxy) is 1. The molecule has 1 N–H and O–H groups in total. The maximum Gasteiger partial charge on any atom is 0.120 e. The minimum absolute atomic E-state index is 0.608. The maximum atomic E-state index is 6.03. The van der Waals surface area contributed by atoms with Gasteiger partial charge in [-0.3, -0.25) is 0 Å². The Morgan fingerprint density at radius 2 is 2.05 bits per heavy atom. The van der Waals surface area contributed by atoms with Crippen molar-refractivity contribution in [1.29, 1.82) is 0 Å².